The van der Waals surface area contributed by atoms with Gasteiger partial charge < -0.3 is 14.8 Å². The lowest BCUT2D eigenvalue weighted by Gasteiger charge is -2.20. The van der Waals surface area contributed by atoms with Crippen molar-refractivity contribution in [1.29, 1.82) is 0 Å². The molecule has 48 heavy (non-hydrogen) atoms. The average molecular weight is 724 g/mol. The maximum Gasteiger partial charge on any atom is 0.309 e. The first-order valence-electron chi connectivity index (χ1n) is 15.9. The van der Waals surface area contributed by atoms with Crippen LogP contribution in [-0.4, -0.2) is 51.3 Å². The number of aliphatic imine (C=N–C) groups is 1. The van der Waals surface area contributed by atoms with Gasteiger partial charge in [-0.05, 0) is 86.8 Å². The van der Waals surface area contributed by atoms with Crippen LogP contribution in [0.1, 0.15) is 58.7 Å². The molecule has 5 aromatic rings. The van der Waals surface area contributed by atoms with Crippen molar-refractivity contribution in [2.24, 2.45) is 16.8 Å². The number of esters is 2. The predicted molar refractivity (Wildman–Crippen MR) is 190 cm³/mol. The fourth-order valence-corrected chi connectivity index (χ4v) is 9.62. The summed E-state index contributed by atoms with van der Waals surface area (Å²) in [6, 6.07) is 3.97. The van der Waals surface area contributed by atoms with E-state index in [2.05, 4.69) is 30.2 Å². The van der Waals surface area contributed by atoms with Crippen molar-refractivity contribution in [2.75, 3.05) is 18.5 Å². The predicted octanol–water partition coefficient (Wildman–Crippen LogP) is 7.70. The third-order valence-corrected chi connectivity index (χ3v) is 11.8. The number of nitrogens with one attached hydrogen (secondary N) is 1. The normalized spacial score (nSPS) is 17.7. The van der Waals surface area contributed by atoms with Crippen LogP contribution in [-0.2, 0) is 51.3 Å². The van der Waals surface area contributed by atoms with E-state index in [4.69, 9.17) is 32.7 Å². The summed E-state index contributed by atoms with van der Waals surface area (Å²) < 4.78 is 10.3. The van der Waals surface area contributed by atoms with E-state index in [0.717, 1.165) is 75.2 Å². The summed E-state index contributed by atoms with van der Waals surface area (Å²) in [6.45, 7) is 5.20. The monoisotopic (exact) mass is 722 g/mol. The molecule has 0 saturated heterocycles. The smallest absolute Gasteiger partial charge is 0.309 e. The van der Waals surface area contributed by atoms with Gasteiger partial charge in [0.1, 0.15) is 33.3 Å². The van der Waals surface area contributed by atoms with E-state index in [1.807, 2.05) is 32.2 Å². The number of anilines is 2. The van der Waals surface area contributed by atoms with Crippen LogP contribution in [0.3, 0.4) is 0 Å². The summed E-state index contributed by atoms with van der Waals surface area (Å²) >= 11 is 15.9. The Kier molecular flexibility index (Phi) is 9.59. The number of benzene rings is 1. The summed E-state index contributed by atoms with van der Waals surface area (Å²) in [4.78, 5) is 49.8. The molecule has 5 heterocycles. The van der Waals surface area contributed by atoms with Crippen LogP contribution in [0.25, 0.3) is 20.4 Å². The molecule has 0 unspecified atom stereocenters. The quantitative estimate of drug-likeness (QED) is 0.138. The van der Waals surface area contributed by atoms with Crippen LogP contribution in [0.5, 0.6) is 0 Å². The Labute approximate surface area is 294 Å². The van der Waals surface area contributed by atoms with E-state index >= 15 is 0 Å². The van der Waals surface area contributed by atoms with Gasteiger partial charge in [0.25, 0.3) is 0 Å². The molecule has 10 nitrogen and oxygen atoms in total. The van der Waals surface area contributed by atoms with E-state index in [-0.39, 0.29) is 23.8 Å². The van der Waals surface area contributed by atoms with Crippen molar-refractivity contribution in [3.63, 3.8) is 0 Å². The van der Waals surface area contributed by atoms with Gasteiger partial charge in [0, 0.05) is 16.0 Å². The Bertz CT molecular complexity index is 2080. The van der Waals surface area contributed by atoms with Crippen molar-refractivity contribution in [3.8, 4) is 0 Å². The number of carbonyl (C=O) groups excluding carboxylic acids is 2. The summed E-state index contributed by atoms with van der Waals surface area (Å²) in [5.74, 6) is 0.436. The Morgan fingerprint density at radius 1 is 0.854 bits per heavy atom. The van der Waals surface area contributed by atoms with Crippen LogP contribution >= 0.6 is 45.9 Å². The molecule has 0 saturated carbocycles. The number of thiophene rings is 2. The molecule has 1 aliphatic heterocycles. The number of hydrogen-bond donors (Lipinski definition) is 1. The molecule has 0 amide bonds. The van der Waals surface area contributed by atoms with Crippen molar-refractivity contribution in [1.82, 2.24) is 19.9 Å². The molecule has 0 radical (unpaired) electrons. The molecule has 0 bridgehead atoms. The Morgan fingerprint density at radius 3 is 2.10 bits per heavy atom. The van der Waals surface area contributed by atoms with E-state index in [1.54, 1.807) is 29.0 Å². The first-order chi connectivity index (χ1) is 23.3. The lowest BCUT2D eigenvalue weighted by Crippen LogP contribution is -2.23. The zero-order valence-corrected chi connectivity index (χ0v) is 29.5. The SMILES string of the molecule is CCOC(=O)[C@H]1CCc2c(sc3ncnc(Cl)c23)C1.CCOC(=O)[C@H]1CCc2c(sc3ncnc(Nc4cc5c(cc4Cl)CN=C5)c23)C1. The molecule has 14 heteroatoms. The number of aryl methyl sites for hydroxylation is 2. The molecule has 248 valence electrons. The van der Waals surface area contributed by atoms with Gasteiger partial charge in [0.15, 0.2) is 0 Å². The van der Waals surface area contributed by atoms with Gasteiger partial charge in [-0.25, -0.2) is 19.9 Å². The molecular weight excluding hydrogens is 691 g/mol. The summed E-state index contributed by atoms with van der Waals surface area (Å²) in [5, 5.41) is 6.55. The second kappa shape index (κ2) is 14.0. The minimum atomic E-state index is -0.105. The van der Waals surface area contributed by atoms with E-state index < -0.39 is 0 Å². The zero-order chi connectivity index (χ0) is 33.4. The van der Waals surface area contributed by atoms with Crippen molar-refractivity contribution < 1.29 is 19.1 Å². The lowest BCUT2D eigenvalue weighted by molar-refractivity contribution is -0.149. The van der Waals surface area contributed by atoms with Gasteiger partial charge in [-0.15, -0.1) is 22.7 Å². The molecule has 8 rings (SSSR count). The minimum absolute atomic E-state index is 0.0350. The number of rotatable bonds is 6. The number of carbonyl (C=O) groups is 2. The summed E-state index contributed by atoms with van der Waals surface area (Å²) in [6.07, 6.45) is 9.58. The van der Waals surface area contributed by atoms with Gasteiger partial charge in [-0.1, -0.05) is 23.2 Å². The Morgan fingerprint density at radius 2 is 1.46 bits per heavy atom. The van der Waals surface area contributed by atoms with Gasteiger partial charge >= 0.3 is 11.9 Å². The highest BCUT2D eigenvalue weighted by Gasteiger charge is 2.31. The largest absolute Gasteiger partial charge is 0.466 e. The first-order valence-corrected chi connectivity index (χ1v) is 18.3. The second-order valence-corrected chi connectivity index (χ2v) is 14.7. The highest BCUT2D eigenvalue weighted by atomic mass is 35.5. The molecule has 1 aromatic carbocycles. The number of fused-ring (bicyclic) bond motifs is 7. The highest BCUT2D eigenvalue weighted by molar-refractivity contribution is 7.19. The average Bonchev–Trinajstić information content (AvgIpc) is 3.80. The summed E-state index contributed by atoms with van der Waals surface area (Å²) in [7, 11) is 0. The number of nitrogens with zero attached hydrogens (tertiary/aromatic N) is 5. The minimum Gasteiger partial charge on any atom is -0.466 e. The van der Waals surface area contributed by atoms with Crippen LogP contribution in [0.2, 0.25) is 10.2 Å². The maximum atomic E-state index is 12.2. The molecule has 1 N–H and O–H groups in total. The van der Waals surface area contributed by atoms with Gasteiger partial charge in [0.2, 0.25) is 0 Å². The maximum absolute atomic E-state index is 12.2. The lowest BCUT2D eigenvalue weighted by atomic mass is 9.88. The Balaban J connectivity index is 0.000000166. The van der Waals surface area contributed by atoms with E-state index in [0.29, 0.717) is 36.4 Å². The molecule has 0 fully saturated rings. The van der Waals surface area contributed by atoms with Gasteiger partial charge in [-0.2, -0.15) is 0 Å². The number of aromatic nitrogens is 4. The van der Waals surface area contributed by atoms with Crippen LogP contribution in [0.4, 0.5) is 11.5 Å². The molecular formula is C34H32Cl2N6O4S2. The highest BCUT2D eigenvalue weighted by Crippen LogP contribution is 2.42. The third-order valence-electron chi connectivity index (χ3n) is 8.86. The number of hydrogen-bond acceptors (Lipinski definition) is 12. The van der Waals surface area contributed by atoms with E-state index in [1.165, 1.54) is 27.2 Å². The fraction of sp³-hybridized carbons (Fsp3) is 0.382. The molecule has 3 aliphatic rings. The Hall–Kier alpha value is -3.71. The first kappa shape index (κ1) is 32.8. The van der Waals surface area contributed by atoms with Crippen LogP contribution < -0.4 is 5.32 Å². The molecule has 4 aromatic heterocycles. The fourth-order valence-electron chi connectivity index (χ4n) is 6.55. The topological polar surface area (TPSA) is 129 Å². The zero-order valence-electron chi connectivity index (χ0n) is 26.3. The third kappa shape index (κ3) is 6.38. The van der Waals surface area contributed by atoms with E-state index in [9.17, 15) is 9.59 Å². The van der Waals surface area contributed by atoms with Crippen LogP contribution in [0, 0.1) is 11.8 Å². The van der Waals surface area contributed by atoms with Crippen molar-refractivity contribution >= 4 is 96.0 Å². The summed E-state index contributed by atoms with van der Waals surface area (Å²) in [5.41, 5.74) is 5.45. The standard InChI is InChI=1S/C21H19ClN4O2S.C13H13ClN2O2S/c1-2-28-21(27)11-3-4-14-17(7-11)29-20-18(14)19(24-10-25-20)26-16-6-13-9-23-8-12(13)5-15(16)22;1-2-18-13(17)7-3-4-8-9(5-7)19-12-10(8)11(14)15-6-16-12/h5-6,9-11H,2-4,7-8H2,1H3,(H,24,25,26);6-7H,2-5H2,1H3/t11-;7-/m00/s1. The van der Waals surface area contributed by atoms with Crippen molar-refractivity contribution in [2.45, 2.75) is 58.9 Å². The second-order valence-electron chi connectivity index (χ2n) is 11.8. The van der Waals surface area contributed by atoms with Crippen LogP contribution in [0.15, 0.2) is 29.8 Å². The molecule has 0 spiro atoms. The van der Waals surface area contributed by atoms with Crippen molar-refractivity contribution in [3.05, 3.63) is 67.0 Å². The van der Waals surface area contributed by atoms with Gasteiger partial charge in [0.05, 0.1) is 53.1 Å². The number of halogens is 2. The molecule has 2 atom stereocenters. The number of ether oxygens (including phenoxy) is 2. The molecule has 2 aliphatic carbocycles. The van der Waals surface area contributed by atoms with Gasteiger partial charge in [-0.3, -0.25) is 14.6 Å².